The van der Waals surface area contributed by atoms with E-state index in [1.54, 1.807) is 22.7 Å². The van der Waals surface area contributed by atoms with E-state index in [9.17, 15) is 0 Å². The van der Waals surface area contributed by atoms with E-state index in [0.717, 1.165) is 30.5 Å². The van der Waals surface area contributed by atoms with Crippen LogP contribution in [0.1, 0.15) is 22.4 Å². The third kappa shape index (κ3) is 4.05. The second-order valence-electron chi connectivity index (χ2n) is 4.46. The summed E-state index contributed by atoms with van der Waals surface area (Å²) in [7, 11) is 3.86. The van der Waals surface area contributed by atoms with Crippen molar-refractivity contribution in [2.75, 3.05) is 14.1 Å². The van der Waals surface area contributed by atoms with Gasteiger partial charge in [0.1, 0.15) is 5.01 Å². The molecular formula is C14H20N4S2. The number of guanidine groups is 1. The fourth-order valence-electron chi connectivity index (χ4n) is 1.86. The first-order valence-corrected chi connectivity index (χ1v) is 8.35. The molecule has 0 fully saturated rings. The molecule has 4 nitrogen and oxygen atoms in total. The zero-order chi connectivity index (χ0) is 14.4. The van der Waals surface area contributed by atoms with Crippen molar-refractivity contribution in [1.29, 1.82) is 0 Å². The summed E-state index contributed by atoms with van der Waals surface area (Å²) in [5, 5.41) is 8.73. The van der Waals surface area contributed by atoms with E-state index in [1.165, 1.54) is 10.4 Å². The molecule has 0 aromatic carbocycles. The Balaban J connectivity index is 1.88. The standard InChI is InChI=1S/C14H20N4S2/c1-4-12-7-16-13(20-12)8-17-14(15-2)18(3)9-11-5-6-19-10-11/h5-7,10H,4,8-9H2,1-3H3,(H,15,17). The van der Waals surface area contributed by atoms with Crippen LogP contribution in [0.5, 0.6) is 0 Å². The minimum atomic E-state index is 0.727. The number of thiazole rings is 1. The first-order valence-electron chi connectivity index (χ1n) is 6.59. The molecule has 0 aliphatic heterocycles. The van der Waals surface area contributed by atoms with Crippen molar-refractivity contribution in [1.82, 2.24) is 15.2 Å². The molecule has 20 heavy (non-hydrogen) atoms. The zero-order valence-electron chi connectivity index (χ0n) is 12.1. The van der Waals surface area contributed by atoms with Crippen molar-refractivity contribution in [3.8, 4) is 0 Å². The number of aliphatic imine (C=N–C) groups is 1. The molecule has 6 heteroatoms. The van der Waals surface area contributed by atoms with Crippen LogP contribution in [-0.4, -0.2) is 29.9 Å². The van der Waals surface area contributed by atoms with E-state index in [0.29, 0.717) is 0 Å². The van der Waals surface area contributed by atoms with Gasteiger partial charge in [0.25, 0.3) is 0 Å². The van der Waals surface area contributed by atoms with Gasteiger partial charge in [-0.2, -0.15) is 11.3 Å². The van der Waals surface area contributed by atoms with E-state index >= 15 is 0 Å². The van der Waals surface area contributed by atoms with Crippen LogP contribution in [0.25, 0.3) is 0 Å². The number of aromatic nitrogens is 1. The molecule has 0 bridgehead atoms. The number of hydrogen-bond donors (Lipinski definition) is 1. The summed E-state index contributed by atoms with van der Waals surface area (Å²) in [5.74, 6) is 0.893. The monoisotopic (exact) mass is 308 g/mol. The minimum Gasteiger partial charge on any atom is -0.350 e. The SMILES string of the molecule is CCc1cnc(CNC(=NC)N(C)Cc2ccsc2)s1. The molecule has 1 N–H and O–H groups in total. The van der Waals surface area contributed by atoms with Gasteiger partial charge in [-0.15, -0.1) is 11.3 Å². The first kappa shape index (κ1) is 15.0. The summed E-state index contributed by atoms with van der Waals surface area (Å²) >= 11 is 3.48. The number of nitrogens with zero attached hydrogens (tertiary/aromatic N) is 3. The summed E-state index contributed by atoms with van der Waals surface area (Å²) in [6.45, 7) is 3.74. The first-order chi connectivity index (χ1) is 9.72. The molecule has 0 amide bonds. The van der Waals surface area contributed by atoms with Crippen molar-refractivity contribution in [2.45, 2.75) is 26.4 Å². The van der Waals surface area contributed by atoms with Crippen molar-refractivity contribution < 1.29 is 0 Å². The number of rotatable bonds is 5. The Kier molecular flexibility index (Phi) is 5.55. The van der Waals surface area contributed by atoms with Gasteiger partial charge in [0.05, 0.1) is 6.54 Å². The van der Waals surface area contributed by atoms with E-state index in [-0.39, 0.29) is 0 Å². The van der Waals surface area contributed by atoms with Gasteiger partial charge in [-0.3, -0.25) is 4.99 Å². The minimum absolute atomic E-state index is 0.727. The van der Waals surface area contributed by atoms with E-state index in [2.05, 4.69) is 43.9 Å². The van der Waals surface area contributed by atoms with E-state index < -0.39 is 0 Å². The maximum atomic E-state index is 4.41. The number of nitrogens with one attached hydrogen (secondary N) is 1. The Hall–Kier alpha value is -1.40. The van der Waals surface area contributed by atoms with Gasteiger partial charge >= 0.3 is 0 Å². The van der Waals surface area contributed by atoms with Crippen LogP contribution < -0.4 is 5.32 Å². The third-order valence-electron chi connectivity index (χ3n) is 2.92. The quantitative estimate of drug-likeness (QED) is 0.682. The van der Waals surface area contributed by atoms with Gasteiger partial charge in [-0.1, -0.05) is 6.92 Å². The van der Waals surface area contributed by atoms with Crippen molar-refractivity contribution in [3.63, 3.8) is 0 Å². The average molecular weight is 308 g/mol. The fourth-order valence-corrected chi connectivity index (χ4v) is 3.33. The van der Waals surface area contributed by atoms with Gasteiger partial charge in [-0.05, 0) is 28.8 Å². The Morgan fingerprint density at radius 1 is 1.50 bits per heavy atom. The van der Waals surface area contributed by atoms with Gasteiger partial charge in [0.2, 0.25) is 0 Å². The molecular weight excluding hydrogens is 288 g/mol. The highest BCUT2D eigenvalue weighted by Gasteiger charge is 2.08. The predicted octanol–water partition coefficient (Wildman–Crippen LogP) is 2.97. The topological polar surface area (TPSA) is 40.5 Å². The Bertz CT molecular complexity index is 545. The predicted molar refractivity (Wildman–Crippen MR) is 87.5 cm³/mol. The lowest BCUT2D eigenvalue weighted by atomic mass is 10.3. The van der Waals surface area contributed by atoms with E-state index in [4.69, 9.17) is 0 Å². The highest BCUT2D eigenvalue weighted by Crippen LogP contribution is 2.13. The van der Waals surface area contributed by atoms with Crippen LogP contribution in [0.15, 0.2) is 28.0 Å². The molecule has 0 atom stereocenters. The lowest BCUT2D eigenvalue weighted by molar-refractivity contribution is 0.477. The van der Waals surface area contributed by atoms with Crippen molar-refractivity contribution in [2.24, 2.45) is 4.99 Å². The molecule has 0 radical (unpaired) electrons. The van der Waals surface area contributed by atoms with Gasteiger partial charge in [0, 0.05) is 31.7 Å². The lowest BCUT2D eigenvalue weighted by Gasteiger charge is -2.21. The molecule has 2 aromatic heterocycles. The molecule has 0 aliphatic carbocycles. The van der Waals surface area contributed by atoms with Crippen molar-refractivity contribution in [3.05, 3.63) is 38.5 Å². The second-order valence-corrected chi connectivity index (χ2v) is 6.44. The Labute approximate surface area is 128 Å². The summed E-state index contributed by atoms with van der Waals surface area (Å²) in [5.41, 5.74) is 1.31. The van der Waals surface area contributed by atoms with Crippen LogP contribution in [0, 0.1) is 0 Å². The second kappa shape index (κ2) is 7.40. The normalized spacial score (nSPS) is 11.7. The molecule has 0 spiro atoms. The number of thiophene rings is 1. The maximum Gasteiger partial charge on any atom is 0.194 e. The number of aryl methyl sites for hydroxylation is 1. The summed E-state index contributed by atoms with van der Waals surface area (Å²) < 4.78 is 0. The Morgan fingerprint density at radius 2 is 2.35 bits per heavy atom. The molecule has 108 valence electrons. The fraction of sp³-hybridized carbons (Fsp3) is 0.429. The van der Waals surface area contributed by atoms with Crippen molar-refractivity contribution >= 4 is 28.6 Å². The van der Waals surface area contributed by atoms with Gasteiger partial charge in [-0.25, -0.2) is 4.98 Å². The average Bonchev–Trinajstić information content (AvgIpc) is 3.10. The lowest BCUT2D eigenvalue weighted by Crippen LogP contribution is -2.37. The summed E-state index contributed by atoms with van der Waals surface area (Å²) in [6.07, 6.45) is 3.00. The maximum absolute atomic E-state index is 4.41. The number of hydrogen-bond acceptors (Lipinski definition) is 4. The molecule has 2 rings (SSSR count). The summed E-state index contributed by atoms with van der Waals surface area (Å²) in [4.78, 5) is 12.2. The van der Waals surface area contributed by atoms with E-state index in [1.807, 2.05) is 20.3 Å². The largest absolute Gasteiger partial charge is 0.350 e. The molecule has 2 heterocycles. The van der Waals surface area contributed by atoms with Gasteiger partial charge in [0.15, 0.2) is 5.96 Å². The highest BCUT2D eigenvalue weighted by atomic mass is 32.1. The Morgan fingerprint density at radius 3 is 2.95 bits per heavy atom. The smallest absolute Gasteiger partial charge is 0.194 e. The van der Waals surface area contributed by atoms with Crippen LogP contribution in [-0.2, 0) is 19.5 Å². The molecule has 0 saturated carbocycles. The van der Waals surface area contributed by atoms with Crippen LogP contribution in [0.4, 0.5) is 0 Å². The molecule has 0 aliphatic rings. The van der Waals surface area contributed by atoms with Crippen LogP contribution in [0.2, 0.25) is 0 Å². The molecule has 2 aromatic rings. The zero-order valence-corrected chi connectivity index (χ0v) is 13.7. The third-order valence-corrected chi connectivity index (χ3v) is 4.79. The van der Waals surface area contributed by atoms with Gasteiger partial charge < -0.3 is 10.2 Å². The highest BCUT2D eigenvalue weighted by molar-refractivity contribution is 7.11. The molecule has 0 unspecified atom stereocenters. The van der Waals surface area contributed by atoms with Crippen LogP contribution in [0.3, 0.4) is 0 Å². The molecule has 0 saturated heterocycles. The van der Waals surface area contributed by atoms with Crippen LogP contribution >= 0.6 is 22.7 Å². The summed E-state index contributed by atoms with van der Waals surface area (Å²) in [6, 6.07) is 2.14.